The molecule has 0 aromatic heterocycles. The van der Waals surface area contributed by atoms with Crippen LogP contribution in [0.4, 0.5) is 0 Å². The van der Waals surface area contributed by atoms with Crippen LogP contribution in [0.2, 0.25) is 0 Å². The summed E-state index contributed by atoms with van der Waals surface area (Å²) < 4.78 is 0. The minimum Gasteiger partial charge on any atom is -0.389 e. The van der Waals surface area contributed by atoms with Crippen molar-refractivity contribution in [3.05, 3.63) is 71.8 Å². The van der Waals surface area contributed by atoms with Gasteiger partial charge in [-0.15, -0.1) is 0 Å². The van der Waals surface area contributed by atoms with Crippen LogP contribution < -0.4 is 0 Å². The summed E-state index contributed by atoms with van der Waals surface area (Å²) in [7, 11) is 0. The van der Waals surface area contributed by atoms with E-state index in [2.05, 4.69) is 12.1 Å². The van der Waals surface area contributed by atoms with Crippen LogP contribution in [0.3, 0.4) is 0 Å². The van der Waals surface area contributed by atoms with Crippen molar-refractivity contribution in [2.45, 2.75) is 44.3 Å². The average molecular weight is 309 g/mol. The molecule has 0 fully saturated rings. The second-order valence-electron chi connectivity index (χ2n) is 6.76. The van der Waals surface area contributed by atoms with E-state index in [1.807, 2.05) is 67.6 Å². The molecule has 2 aromatic carbocycles. The van der Waals surface area contributed by atoms with Crippen LogP contribution in [0.1, 0.15) is 44.2 Å². The van der Waals surface area contributed by atoms with Crippen LogP contribution in [0.25, 0.3) is 0 Å². The molecular weight excluding hydrogens is 286 g/mol. The number of nitrogens with zero attached hydrogens (tertiary/aromatic N) is 1. The highest BCUT2D eigenvalue weighted by atomic mass is 16.7. The number of benzene rings is 2. The molecule has 23 heavy (non-hydrogen) atoms. The third-order valence-corrected chi connectivity index (χ3v) is 4.56. The molecule has 120 valence electrons. The second kappa shape index (κ2) is 6.17. The Bertz CT molecular complexity index is 679. The first kappa shape index (κ1) is 15.8. The van der Waals surface area contributed by atoms with Crippen molar-refractivity contribution in [3.63, 3.8) is 0 Å². The quantitative estimate of drug-likeness (QED) is 0.896. The highest BCUT2D eigenvalue weighted by Gasteiger charge is 2.37. The summed E-state index contributed by atoms with van der Waals surface area (Å²) in [6.07, 6.45) is 2.14. The van der Waals surface area contributed by atoms with Gasteiger partial charge in [0, 0.05) is 6.42 Å². The zero-order valence-corrected chi connectivity index (χ0v) is 13.7. The summed E-state index contributed by atoms with van der Waals surface area (Å²) in [5.74, 6) is 0. The Hall–Kier alpha value is -2.13. The van der Waals surface area contributed by atoms with Gasteiger partial charge in [0.15, 0.2) is 0 Å². The van der Waals surface area contributed by atoms with Crippen molar-refractivity contribution in [1.29, 1.82) is 0 Å². The number of oxime groups is 1. The van der Waals surface area contributed by atoms with Gasteiger partial charge in [-0.1, -0.05) is 65.8 Å². The summed E-state index contributed by atoms with van der Waals surface area (Å²) in [4.78, 5) is 5.72. The molecule has 3 heteroatoms. The Morgan fingerprint density at radius 3 is 2.35 bits per heavy atom. The maximum absolute atomic E-state index is 10.8. The van der Waals surface area contributed by atoms with E-state index in [9.17, 15) is 5.11 Å². The molecule has 3 nitrogen and oxygen atoms in total. The molecule has 1 N–H and O–H groups in total. The van der Waals surface area contributed by atoms with Crippen LogP contribution in [0.5, 0.6) is 0 Å². The highest BCUT2D eigenvalue weighted by molar-refractivity contribution is 6.01. The first-order valence-electron chi connectivity index (χ1n) is 8.07. The smallest absolute Gasteiger partial charge is 0.140 e. The topological polar surface area (TPSA) is 41.8 Å². The largest absolute Gasteiger partial charge is 0.389 e. The SMILES string of the molecule is CC1(CCC(C)(O)c2ccccc2)CC(c2ccccc2)=NO1. The second-order valence-corrected chi connectivity index (χ2v) is 6.76. The molecule has 0 saturated heterocycles. The van der Waals surface area contributed by atoms with Gasteiger partial charge in [0.05, 0.1) is 11.3 Å². The zero-order chi connectivity index (χ0) is 16.3. The van der Waals surface area contributed by atoms with Crippen molar-refractivity contribution in [2.24, 2.45) is 5.16 Å². The Labute approximate surface area is 137 Å². The Morgan fingerprint density at radius 1 is 1.09 bits per heavy atom. The molecular formula is C20H23NO2. The lowest BCUT2D eigenvalue weighted by Crippen LogP contribution is -2.30. The van der Waals surface area contributed by atoms with E-state index in [4.69, 9.17) is 4.84 Å². The molecule has 0 radical (unpaired) electrons. The predicted octanol–water partition coefficient (Wildman–Crippen LogP) is 4.26. The van der Waals surface area contributed by atoms with Crippen molar-refractivity contribution in [3.8, 4) is 0 Å². The Morgan fingerprint density at radius 2 is 1.70 bits per heavy atom. The lowest BCUT2D eigenvalue weighted by Gasteiger charge is -2.29. The maximum atomic E-state index is 10.8. The minimum absolute atomic E-state index is 0.357. The summed E-state index contributed by atoms with van der Waals surface area (Å²) in [6, 6.07) is 19.9. The van der Waals surface area contributed by atoms with Gasteiger partial charge < -0.3 is 9.94 Å². The minimum atomic E-state index is -0.858. The molecule has 0 saturated carbocycles. The molecule has 0 bridgehead atoms. The van der Waals surface area contributed by atoms with Crippen LogP contribution in [0.15, 0.2) is 65.8 Å². The summed E-state index contributed by atoms with van der Waals surface area (Å²) >= 11 is 0. The van der Waals surface area contributed by atoms with E-state index < -0.39 is 5.60 Å². The first-order valence-corrected chi connectivity index (χ1v) is 8.07. The first-order chi connectivity index (χ1) is 11.0. The standard InChI is InChI=1S/C20H23NO2/c1-19(13-14-20(2,22)17-11-7-4-8-12-17)15-18(21-23-19)16-9-5-3-6-10-16/h3-12,22H,13-15H2,1-2H3. The summed E-state index contributed by atoms with van der Waals surface area (Å²) in [6.45, 7) is 3.92. The Balaban J connectivity index is 1.63. The van der Waals surface area contributed by atoms with Gasteiger partial charge in [0.1, 0.15) is 5.60 Å². The molecule has 1 aliphatic rings. The van der Waals surface area contributed by atoms with Gasteiger partial charge in [-0.25, -0.2) is 0 Å². The lowest BCUT2D eigenvalue weighted by atomic mass is 9.84. The van der Waals surface area contributed by atoms with Crippen LogP contribution >= 0.6 is 0 Å². The fourth-order valence-electron chi connectivity index (χ4n) is 2.95. The fraction of sp³-hybridized carbons (Fsp3) is 0.350. The van der Waals surface area contributed by atoms with E-state index in [0.717, 1.165) is 29.7 Å². The van der Waals surface area contributed by atoms with Gasteiger partial charge in [0.25, 0.3) is 0 Å². The van der Waals surface area contributed by atoms with Crippen LogP contribution in [-0.2, 0) is 10.4 Å². The van der Waals surface area contributed by atoms with E-state index in [-0.39, 0.29) is 5.60 Å². The Kier molecular flexibility index (Phi) is 4.22. The van der Waals surface area contributed by atoms with Gasteiger partial charge in [-0.3, -0.25) is 0 Å². The summed E-state index contributed by atoms with van der Waals surface area (Å²) in [5, 5.41) is 15.0. The third kappa shape index (κ3) is 3.62. The third-order valence-electron chi connectivity index (χ3n) is 4.56. The number of hydrogen-bond donors (Lipinski definition) is 1. The van der Waals surface area contributed by atoms with Crippen molar-refractivity contribution in [2.75, 3.05) is 0 Å². The number of rotatable bonds is 5. The molecule has 0 aliphatic carbocycles. The van der Waals surface area contributed by atoms with Gasteiger partial charge in [-0.05, 0) is 37.8 Å². The van der Waals surface area contributed by atoms with Gasteiger partial charge >= 0.3 is 0 Å². The van der Waals surface area contributed by atoms with Gasteiger partial charge in [-0.2, -0.15) is 0 Å². The number of hydrogen-bond acceptors (Lipinski definition) is 3. The fourth-order valence-corrected chi connectivity index (χ4v) is 2.95. The van der Waals surface area contributed by atoms with E-state index in [0.29, 0.717) is 6.42 Å². The molecule has 2 unspecified atom stereocenters. The average Bonchev–Trinajstić information content (AvgIpc) is 2.98. The van der Waals surface area contributed by atoms with Crippen molar-refractivity contribution < 1.29 is 9.94 Å². The molecule has 0 amide bonds. The van der Waals surface area contributed by atoms with Crippen LogP contribution in [-0.4, -0.2) is 16.4 Å². The predicted molar refractivity (Wildman–Crippen MR) is 92.3 cm³/mol. The normalized spacial score (nSPS) is 23.0. The monoisotopic (exact) mass is 309 g/mol. The maximum Gasteiger partial charge on any atom is 0.140 e. The molecule has 2 aromatic rings. The zero-order valence-electron chi connectivity index (χ0n) is 13.7. The molecule has 2 atom stereocenters. The molecule has 3 rings (SSSR count). The van der Waals surface area contributed by atoms with Crippen molar-refractivity contribution >= 4 is 5.71 Å². The molecule has 1 heterocycles. The number of aliphatic hydroxyl groups is 1. The van der Waals surface area contributed by atoms with Gasteiger partial charge in [0.2, 0.25) is 0 Å². The summed E-state index contributed by atoms with van der Waals surface area (Å²) in [5.41, 5.74) is 1.80. The van der Waals surface area contributed by atoms with Crippen LogP contribution in [0, 0.1) is 0 Å². The van der Waals surface area contributed by atoms with E-state index in [1.54, 1.807) is 0 Å². The molecule has 0 spiro atoms. The van der Waals surface area contributed by atoms with Crippen molar-refractivity contribution in [1.82, 2.24) is 0 Å². The van der Waals surface area contributed by atoms with E-state index >= 15 is 0 Å². The highest BCUT2D eigenvalue weighted by Crippen LogP contribution is 2.35. The molecule has 1 aliphatic heterocycles. The lowest BCUT2D eigenvalue weighted by molar-refractivity contribution is -0.0371. The van der Waals surface area contributed by atoms with E-state index in [1.165, 1.54) is 0 Å².